The molecule has 1 aromatic carbocycles. The quantitative estimate of drug-likeness (QED) is 0.484. The van der Waals surface area contributed by atoms with Gasteiger partial charge >= 0.3 is 11.8 Å². The average Bonchev–Trinajstić information content (AvgIpc) is 2.79. The fourth-order valence-corrected chi connectivity index (χ4v) is 2.37. The van der Waals surface area contributed by atoms with Gasteiger partial charge in [0.1, 0.15) is 5.52 Å². The smallest absolute Gasteiger partial charge is 0.315 e. The molecule has 3 N–H and O–H groups in total. The van der Waals surface area contributed by atoms with Gasteiger partial charge in [-0.2, -0.15) is 0 Å². The number of fused-ring (bicyclic) bond motifs is 1. The number of carbonyl (C=O) groups excluding carboxylic acids is 2. The maximum Gasteiger partial charge on any atom is 0.315 e. The van der Waals surface area contributed by atoms with E-state index in [4.69, 9.17) is 10.5 Å². The van der Waals surface area contributed by atoms with Crippen LogP contribution in [0.5, 0.6) is 5.75 Å². The summed E-state index contributed by atoms with van der Waals surface area (Å²) >= 11 is 0.969. The van der Waals surface area contributed by atoms with Gasteiger partial charge in [-0.25, -0.2) is 4.98 Å². The average molecular weight is 296 g/mol. The zero-order valence-electron chi connectivity index (χ0n) is 10.1. The van der Waals surface area contributed by atoms with Crippen molar-refractivity contribution in [2.75, 3.05) is 12.4 Å². The first-order valence-electron chi connectivity index (χ1n) is 5.16. The number of ether oxygens (including phenoxy) is 1. The van der Waals surface area contributed by atoms with Crippen molar-refractivity contribution in [3.63, 3.8) is 0 Å². The largest absolute Gasteiger partial charge is 0.494 e. The zero-order chi connectivity index (χ0) is 14.9. The maximum atomic E-state index is 11.2. The van der Waals surface area contributed by atoms with Gasteiger partial charge in [0.25, 0.3) is 5.69 Å². The Labute approximate surface area is 115 Å². The van der Waals surface area contributed by atoms with Crippen LogP contribution in [0.3, 0.4) is 0 Å². The van der Waals surface area contributed by atoms with Gasteiger partial charge in [0.15, 0.2) is 10.9 Å². The minimum atomic E-state index is -1.15. The Balaban J connectivity index is 2.49. The van der Waals surface area contributed by atoms with Crippen LogP contribution in [-0.2, 0) is 9.59 Å². The predicted octanol–water partition coefficient (Wildman–Crippen LogP) is 0.637. The molecule has 10 heteroatoms. The van der Waals surface area contributed by atoms with E-state index in [1.54, 1.807) is 0 Å². The molecule has 0 saturated heterocycles. The lowest BCUT2D eigenvalue weighted by molar-refractivity contribution is -0.384. The van der Waals surface area contributed by atoms with Crippen LogP contribution < -0.4 is 15.8 Å². The van der Waals surface area contributed by atoms with Crippen molar-refractivity contribution in [1.29, 1.82) is 0 Å². The Hall–Kier alpha value is -2.75. The van der Waals surface area contributed by atoms with E-state index in [1.165, 1.54) is 19.2 Å². The van der Waals surface area contributed by atoms with Gasteiger partial charge in [0.05, 0.1) is 22.8 Å². The molecule has 9 nitrogen and oxygen atoms in total. The summed E-state index contributed by atoms with van der Waals surface area (Å²) in [6.07, 6.45) is 0. The lowest BCUT2D eigenvalue weighted by Gasteiger charge is -1.99. The summed E-state index contributed by atoms with van der Waals surface area (Å²) in [5, 5.41) is 13.1. The molecule has 1 aromatic heterocycles. The number of aromatic nitrogens is 1. The Morgan fingerprint density at radius 2 is 2.20 bits per heavy atom. The molecular formula is C10H8N4O5S. The first kappa shape index (κ1) is 13.7. The molecule has 0 bridgehead atoms. The molecule has 104 valence electrons. The van der Waals surface area contributed by atoms with Crippen molar-refractivity contribution in [3.8, 4) is 5.75 Å². The first-order chi connectivity index (χ1) is 9.42. The van der Waals surface area contributed by atoms with Gasteiger partial charge in [-0.05, 0) is 0 Å². The number of nitro groups is 1. The van der Waals surface area contributed by atoms with Crippen LogP contribution in [0.25, 0.3) is 10.2 Å². The van der Waals surface area contributed by atoms with Crippen LogP contribution in [0.1, 0.15) is 0 Å². The predicted molar refractivity (Wildman–Crippen MR) is 70.7 cm³/mol. The van der Waals surface area contributed by atoms with Gasteiger partial charge in [0.2, 0.25) is 0 Å². The van der Waals surface area contributed by atoms with Crippen LogP contribution in [0, 0.1) is 10.1 Å². The SMILES string of the molecule is COc1cc([N+](=O)[O-])cc2sc(NC(=O)C(N)=O)nc12. The first-order valence-corrected chi connectivity index (χ1v) is 5.97. The summed E-state index contributed by atoms with van der Waals surface area (Å²) in [6.45, 7) is 0. The van der Waals surface area contributed by atoms with Crippen LogP contribution in [0.15, 0.2) is 12.1 Å². The van der Waals surface area contributed by atoms with Crippen LogP contribution in [-0.4, -0.2) is 28.8 Å². The number of carbonyl (C=O) groups is 2. The number of nitrogens with zero attached hydrogens (tertiary/aromatic N) is 2. The van der Waals surface area contributed by atoms with Gasteiger partial charge < -0.3 is 10.5 Å². The number of benzene rings is 1. The molecule has 0 radical (unpaired) electrons. The summed E-state index contributed by atoms with van der Waals surface area (Å²) < 4.78 is 5.46. The summed E-state index contributed by atoms with van der Waals surface area (Å²) in [5.74, 6) is -1.97. The molecule has 0 unspecified atom stereocenters. The highest BCUT2D eigenvalue weighted by molar-refractivity contribution is 7.22. The number of nitrogens with one attached hydrogen (secondary N) is 1. The number of rotatable bonds is 3. The van der Waals surface area contributed by atoms with E-state index in [-0.39, 0.29) is 16.6 Å². The molecule has 1 heterocycles. The number of hydrogen-bond acceptors (Lipinski definition) is 7. The third kappa shape index (κ3) is 2.49. The second-order valence-electron chi connectivity index (χ2n) is 3.59. The number of anilines is 1. The molecule has 0 aliphatic heterocycles. The van der Waals surface area contributed by atoms with E-state index in [2.05, 4.69) is 10.3 Å². The molecule has 0 atom stereocenters. The van der Waals surface area contributed by atoms with Crippen molar-refractivity contribution in [2.24, 2.45) is 5.73 Å². The number of hydrogen-bond donors (Lipinski definition) is 2. The van der Waals surface area contributed by atoms with Crippen LogP contribution in [0.2, 0.25) is 0 Å². The van der Waals surface area contributed by atoms with Crippen molar-refractivity contribution in [2.45, 2.75) is 0 Å². The minimum absolute atomic E-state index is 0.0996. The number of nitrogens with two attached hydrogens (primary N) is 1. The second-order valence-corrected chi connectivity index (χ2v) is 4.62. The van der Waals surface area contributed by atoms with E-state index in [9.17, 15) is 19.7 Å². The van der Waals surface area contributed by atoms with E-state index in [0.29, 0.717) is 10.2 Å². The number of primary amides is 1. The van der Waals surface area contributed by atoms with Gasteiger partial charge in [-0.3, -0.25) is 25.0 Å². The lowest BCUT2D eigenvalue weighted by Crippen LogP contribution is -2.29. The molecule has 0 fully saturated rings. The standard InChI is InChI=1S/C10H8N4O5S/c1-19-5-2-4(14(17)18)3-6-7(5)12-10(20-6)13-9(16)8(11)15/h2-3H,1H3,(H2,11,15)(H,12,13,16). The van der Waals surface area contributed by atoms with Crippen molar-refractivity contribution in [1.82, 2.24) is 4.98 Å². The van der Waals surface area contributed by atoms with Gasteiger partial charge in [-0.1, -0.05) is 11.3 Å². The Morgan fingerprint density at radius 1 is 1.50 bits per heavy atom. The number of methoxy groups -OCH3 is 1. The number of non-ortho nitro benzene ring substituents is 1. The van der Waals surface area contributed by atoms with Crippen molar-refractivity contribution >= 4 is 44.2 Å². The fourth-order valence-electron chi connectivity index (χ4n) is 1.46. The highest BCUT2D eigenvalue weighted by atomic mass is 32.1. The molecule has 2 aromatic rings. The zero-order valence-corrected chi connectivity index (χ0v) is 10.9. The molecule has 0 aliphatic carbocycles. The highest BCUT2D eigenvalue weighted by Crippen LogP contribution is 2.36. The van der Waals surface area contributed by atoms with Crippen LogP contribution in [0.4, 0.5) is 10.8 Å². The number of thiazole rings is 1. The molecular weight excluding hydrogens is 288 g/mol. The topological polar surface area (TPSA) is 137 Å². The lowest BCUT2D eigenvalue weighted by atomic mass is 10.3. The highest BCUT2D eigenvalue weighted by Gasteiger charge is 2.18. The maximum absolute atomic E-state index is 11.2. The molecule has 0 spiro atoms. The monoisotopic (exact) mass is 296 g/mol. The van der Waals surface area contributed by atoms with E-state index in [1.807, 2.05) is 0 Å². The molecule has 0 aliphatic rings. The fraction of sp³-hybridized carbons (Fsp3) is 0.100. The molecule has 0 saturated carbocycles. The second kappa shape index (κ2) is 5.09. The van der Waals surface area contributed by atoms with E-state index >= 15 is 0 Å². The third-order valence-corrected chi connectivity index (χ3v) is 3.24. The van der Waals surface area contributed by atoms with E-state index < -0.39 is 16.7 Å². The van der Waals surface area contributed by atoms with Gasteiger partial charge in [0, 0.05) is 6.07 Å². The Kier molecular flexibility index (Phi) is 3.48. The normalized spacial score (nSPS) is 10.2. The summed E-state index contributed by atoms with van der Waals surface area (Å²) in [4.78, 5) is 36.1. The van der Waals surface area contributed by atoms with Crippen LogP contribution >= 0.6 is 11.3 Å². The van der Waals surface area contributed by atoms with Crippen molar-refractivity contribution in [3.05, 3.63) is 22.2 Å². The third-order valence-electron chi connectivity index (χ3n) is 2.32. The summed E-state index contributed by atoms with van der Waals surface area (Å²) in [5.41, 5.74) is 5.00. The summed E-state index contributed by atoms with van der Waals surface area (Å²) in [7, 11) is 1.35. The van der Waals surface area contributed by atoms with Crippen molar-refractivity contribution < 1.29 is 19.2 Å². The molecule has 20 heavy (non-hydrogen) atoms. The minimum Gasteiger partial charge on any atom is -0.494 e. The van der Waals surface area contributed by atoms with Gasteiger partial charge in [-0.15, -0.1) is 0 Å². The Morgan fingerprint density at radius 3 is 2.75 bits per heavy atom. The molecule has 2 rings (SSSR count). The number of amides is 2. The number of nitro benzene ring substituents is 1. The Bertz CT molecular complexity index is 726. The molecule has 2 amide bonds. The summed E-state index contributed by atoms with van der Waals surface area (Å²) in [6, 6.07) is 2.52. The van der Waals surface area contributed by atoms with E-state index in [0.717, 1.165) is 11.3 Å².